The van der Waals surface area contributed by atoms with Gasteiger partial charge in [-0.3, -0.25) is 4.79 Å². The van der Waals surface area contributed by atoms with Crippen LogP contribution in [0.25, 0.3) is 6.08 Å². The zero-order chi connectivity index (χ0) is 21.5. The first kappa shape index (κ1) is 21.7. The number of ether oxygens (including phenoxy) is 3. The van der Waals surface area contributed by atoms with E-state index >= 15 is 0 Å². The van der Waals surface area contributed by atoms with Crippen LogP contribution in [0.5, 0.6) is 17.2 Å². The normalized spacial score (nSPS) is 16.9. The van der Waals surface area contributed by atoms with Gasteiger partial charge in [0.15, 0.2) is 11.5 Å². The second-order valence-corrected chi connectivity index (χ2v) is 7.32. The van der Waals surface area contributed by atoms with Crippen LogP contribution in [0.1, 0.15) is 36.3 Å². The summed E-state index contributed by atoms with van der Waals surface area (Å²) < 4.78 is 29.3. The van der Waals surface area contributed by atoms with E-state index in [-0.39, 0.29) is 17.6 Å². The van der Waals surface area contributed by atoms with Gasteiger partial charge in [-0.1, -0.05) is 18.6 Å². The zero-order valence-electron chi connectivity index (χ0n) is 17.7. The molecule has 30 heavy (non-hydrogen) atoms. The lowest BCUT2D eigenvalue weighted by Crippen LogP contribution is -2.32. The van der Waals surface area contributed by atoms with Crippen LogP contribution in [0.4, 0.5) is 4.39 Å². The van der Waals surface area contributed by atoms with Crippen molar-refractivity contribution in [2.24, 2.45) is 0 Å². The van der Waals surface area contributed by atoms with Crippen molar-refractivity contribution >= 4 is 12.0 Å². The fourth-order valence-electron chi connectivity index (χ4n) is 3.82. The second-order valence-electron chi connectivity index (χ2n) is 7.32. The van der Waals surface area contributed by atoms with Gasteiger partial charge >= 0.3 is 0 Å². The largest absolute Gasteiger partial charge is 0.493 e. The molecule has 1 aliphatic rings. The van der Waals surface area contributed by atoms with Crippen molar-refractivity contribution in [2.75, 3.05) is 34.4 Å². The highest BCUT2D eigenvalue weighted by molar-refractivity contribution is 5.92. The molecular weight excluding hydrogens is 385 g/mol. The average molecular weight is 413 g/mol. The van der Waals surface area contributed by atoms with Crippen molar-refractivity contribution in [1.82, 2.24) is 4.90 Å². The molecular formula is C24H28FNO4. The predicted molar refractivity (Wildman–Crippen MR) is 115 cm³/mol. The molecule has 2 aromatic carbocycles. The number of hydrogen-bond donors (Lipinski definition) is 0. The molecule has 160 valence electrons. The van der Waals surface area contributed by atoms with Crippen LogP contribution >= 0.6 is 0 Å². The summed E-state index contributed by atoms with van der Waals surface area (Å²) >= 11 is 0. The highest BCUT2D eigenvalue weighted by atomic mass is 19.1. The third-order valence-electron chi connectivity index (χ3n) is 5.43. The van der Waals surface area contributed by atoms with E-state index < -0.39 is 0 Å². The van der Waals surface area contributed by atoms with Crippen LogP contribution in [0.3, 0.4) is 0 Å². The van der Waals surface area contributed by atoms with Crippen LogP contribution in [-0.2, 0) is 4.79 Å². The van der Waals surface area contributed by atoms with Crippen LogP contribution in [-0.4, -0.2) is 45.2 Å². The first-order valence-corrected chi connectivity index (χ1v) is 10.1. The molecule has 0 radical (unpaired) electrons. The van der Waals surface area contributed by atoms with Gasteiger partial charge in [-0.2, -0.15) is 0 Å². The Kier molecular flexibility index (Phi) is 7.33. The zero-order valence-corrected chi connectivity index (χ0v) is 17.7. The van der Waals surface area contributed by atoms with Crippen LogP contribution in [0.2, 0.25) is 0 Å². The van der Waals surface area contributed by atoms with Gasteiger partial charge in [0.2, 0.25) is 11.7 Å². The summed E-state index contributed by atoms with van der Waals surface area (Å²) in [6.07, 6.45) is 6.33. The third-order valence-corrected chi connectivity index (χ3v) is 5.43. The molecule has 0 N–H and O–H groups in total. The highest BCUT2D eigenvalue weighted by Crippen LogP contribution is 2.38. The van der Waals surface area contributed by atoms with Crippen LogP contribution in [0.15, 0.2) is 42.5 Å². The van der Waals surface area contributed by atoms with E-state index in [2.05, 4.69) is 0 Å². The molecule has 0 bridgehead atoms. The number of halogens is 1. The molecule has 0 spiro atoms. The minimum atomic E-state index is -0.242. The summed E-state index contributed by atoms with van der Waals surface area (Å²) in [7, 11) is 4.67. The molecule has 2 aromatic rings. The fraction of sp³-hybridized carbons (Fsp3) is 0.375. The molecule has 6 heteroatoms. The van der Waals surface area contributed by atoms with Crippen molar-refractivity contribution in [3.63, 3.8) is 0 Å². The van der Waals surface area contributed by atoms with Gasteiger partial charge in [-0.05, 0) is 54.3 Å². The topological polar surface area (TPSA) is 48.0 Å². The fourth-order valence-corrected chi connectivity index (χ4v) is 3.82. The Balaban J connectivity index is 1.75. The maximum Gasteiger partial charge on any atom is 0.246 e. The molecule has 1 aliphatic heterocycles. The Hall–Kier alpha value is -3.02. The van der Waals surface area contributed by atoms with E-state index in [1.54, 1.807) is 45.6 Å². The lowest BCUT2D eigenvalue weighted by atomic mass is 9.94. The molecule has 1 fully saturated rings. The van der Waals surface area contributed by atoms with Gasteiger partial charge in [0.05, 0.1) is 21.3 Å². The number of nitrogens with zero attached hydrogens (tertiary/aromatic N) is 1. The number of hydrogen-bond acceptors (Lipinski definition) is 4. The van der Waals surface area contributed by atoms with Gasteiger partial charge in [-0.25, -0.2) is 4.39 Å². The minimum absolute atomic E-state index is 0.0437. The standard InChI is InChI=1S/C24H28FNO4/c1-28-21-14-17(15-22(29-2)24(21)30-3)7-12-23(27)26-13-5-4-6-19(16-26)18-8-10-20(25)11-9-18/h7-12,14-15,19H,4-6,13,16H2,1-3H3/b12-7+/t19-/m0/s1. The van der Waals surface area contributed by atoms with E-state index in [9.17, 15) is 9.18 Å². The Morgan fingerprint density at radius 2 is 1.70 bits per heavy atom. The number of rotatable bonds is 6. The summed E-state index contributed by atoms with van der Waals surface area (Å²) in [5.41, 5.74) is 1.85. The monoisotopic (exact) mass is 413 g/mol. The molecule has 0 saturated carbocycles. The van der Waals surface area contributed by atoms with E-state index in [4.69, 9.17) is 14.2 Å². The van der Waals surface area contributed by atoms with E-state index in [1.807, 2.05) is 17.0 Å². The van der Waals surface area contributed by atoms with Gasteiger partial charge in [-0.15, -0.1) is 0 Å². The highest BCUT2D eigenvalue weighted by Gasteiger charge is 2.22. The average Bonchev–Trinajstić information content (AvgIpc) is 3.03. The molecule has 1 atom stereocenters. The summed E-state index contributed by atoms with van der Waals surface area (Å²) in [6.45, 7) is 1.35. The molecule has 0 aromatic heterocycles. The maximum absolute atomic E-state index is 13.3. The third kappa shape index (κ3) is 5.12. The van der Waals surface area contributed by atoms with Gasteiger partial charge in [0.25, 0.3) is 0 Å². The molecule has 3 rings (SSSR count). The van der Waals surface area contributed by atoms with Crippen molar-refractivity contribution < 1.29 is 23.4 Å². The minimum Gasteiger partial charge on any atom is -0.493 e. The number of benzene rings is 2. The number of likely N-dealkylation sites (tertiary alicyclic amines) is 1. The Morgan fingerprint density at radius 3 is 2.30 bits per heavy atom. The maximum atomic E-state index is 13.3. The lowest BCUT2D eigenvalue weighted by molar-refractivity contribution is -0.126. The van der Waals surface area contributed by atoms with E-state index in [1.165, 1.54) is 12.1 Å². The van der Waals surface area contributed by atoms with Crippen LogP contribution < -0.4 is 14.2 Å². The van der Waals surface area contributed by atoms with Gasteiger partial charge in [0.1, 0.15) is 5.82 Å². The quantitative estimate of drug-likeness (QED) is 0.646. The summed E-state index contributed by atoms with van der Waals surface area (Å²) in [5.74, 6) is 1.52. The second kappa shape index (κ2) is 10.1. The molecule has 1 amide bonds. The van der Waals surface area contributed by atoms with E-state index in [0.29, 0.717) is 23.8 Å². The van der Waals surface area contributed by atoms with Gasteiger partial charge < -0.3 is 19.1 Å². The number of carbonyl (C=O) groups excluding carboxylic acids is 1. The number of carbonyl (C=O) groups is 1. The molecule has 1 saturated heterocycles. The number of methoxy groups -OCH3 is 3. The Bertz CT molecular complexity index is 870. The van der Waals surface area contributed by atoms with Crippen molar-refractivity contribution in [1.29, 1.82) is 0 Å². The molecule has 1 heterocycles. The Morgan fingerprint density at radius 1 is 1.03 bits per heavy atom. The molecule has 0 unspecified atom stereocenters. The molecule has 0 aliphatic carbocycles. The van der Waals surface area contributed by atoms with Crippen molar-refractivity contribution in [3.8, 4) is 17.2 Å². The number of amides is 1. The summed E-state index contributed by atoms with van der Waals surface area (Å²) in [5, 5.41) is 0. The Labute approximate surface area is 177 Å². The summed E-state index contributed by atoms with van der Waals surface area (Å²) in [4.78, 5) is 14.7. The van der Waals surface area contributed by atoms with E-state index in [0.717, 1.165) is 36.9 Å². The lowest BCUT2D eigenvalue weighted by Gasteiger charge is -2.23. The predicted octanol–water partition coefficient (Wildman–Crippen LogP) is 4.66. The smallest absolute Gasteiger partial charge is 0.246 e. The first-order valence-electron chi connectivity index (χ1n) is 10.1. The first-order chi connectivity index (χ1) is 14.5. The molecule has 5 nitrogen and oxygen atoms in total. The SMILES string of the molecule is COc1cc(/C=C/C(=O)N2CCCC[C@H](c3ccc(F)cc3)C2)cc(OC)c1OC. The van der Waals surface area contributed by atoms with Gasteiger partial charge in [0, 0.05) is 25.1 Å². The van der Waals surface area contributed by atoms with Crippen molar-refractivity contribution in [2.45, 2.75) is 25.2 Å². The van der Waals surface area contributed by atoms with Crippen molar-refractivity contribution in [3.05, 3.63) is 59.4 Å². The summed E-state index contributed by atoms with van der Waals surface area (Å²) in [6, 6.07) is 10.2. The van der Waals surface area contributed by atoms with Crippen LogP contribution in [0, 0.1) is 5.82 Å².